The van der Waals surface area contributed by atoms with Gasteiger partial charge >= 0.3 is 0 Å². The third kappa shape index (κ3) is 2.60. The van der Waals surface area contributed by atoms with Crippen LogP contribution in [0.2, 0.25) is 10.0 Å². The first-order valence-electron chi connectivity index (χ1n) is 4.36. The van der Waals surface area contributed by atoms with E-state index in [0.29, 0.717) is 10.0 Å². The van der Waals surface area contributed by atoms with E-state index in [1.165, 1.54) is 0 Å². The molecule has 0 aliphatic carbocycles. The lowest BCUT2D eigenvalue weighted by atomic mass is 10.0. The lowest BCUT2D eigenvalue weighted by molar-refractivity contribution is 0.639. The Balaban J connectivity index is 2.93. The van der Waals surface area contributed by atoms with Gasteiger partial charge in [0.25, 0.3) is 0 Å². The van der Waals surface area contributed by atoms with Gasteiger partial charge in [0.2, 0.25) is 0 Å². The molecular weight excluding hydrogens is 205 g/mol. The molecule has 13 heavy (non-hydrogen) atoms. The monoisotopic (exact) mass is 217 g/mol. The Kier molecular flexibility index (Phi) is 4.04. The predicted octanol–water partition coefficient (Wildman–Crippen LogP) is 3.79. The highest BCUT2D eigenvalue weighted by molar-refractivity contribution is 6.42. The highest BCUT2D eigenvalue weighted by Gasteiger charge is 2.10. The largest absolute Gasteiger partial charge is 0.324 e. The number of hydrogen-bond donors (Lipinski definition) is 1. The van der Waals surface area contributed by atoms with Crippen molar-refractivity contribution in [2.75, 3.05) is 0 Å². The van der Waals surface area contributed by atoms with Crippen LogP contribution < -0.4 is 5.73 Å². The summed E-state index contributed by atoms with van der Waals surface area (Å²) >= 11 is 11.9. The van der Waals surface area contributed by atoms with Gasteiger partial charge in [-0.3, -0.25) is 0 Å². The second-order valence-electron chi connectivity index (χ2n) is 3.04. The van der Waals surface area contributed by atoms with Crippen molar-refractivity contribution >= 4 is 23.2 Å². The summed E-state index contributed by atoms with van der Waals surface area (Å²) < 4.78 is 0. The summed E-state index contributed by atoms with van der Waals surface area (Å²) in [6.07, 6.45) is 1.98. The summed E-state index contributed by atoms with van der Waals surface area (Å²) in [7, 11) is 0. The molecule has 0 amide bonds. The average Bonchev–Trinajstić information content (AvgIpc) is 2.10. The molecule has 0 aromatic heterocycles. The number of benzene rings is 1. The fourth-order valence-corrected chi connectivity index (χ4v) is 1.72. The smallest absolute Gasteiger partial charge is 0.0639 e. The van der Waals surface area contributed by atoms with E-state index in [1.807, 2.05) is 12.1 Å². The maximum absolute atomic E-state index is 6.01. The number of nitrogens with two attached hydrogens (primary N) is 1. The molecule has 0 radical (unpaired) electrons. The maximum Gasteiger partial charge on any atom is 0.0639 e. The van der Waals surface area contributed by atoms with Crippen molar-refractivity contribution in [1.29, 1.82) is 0 Å². The molecule has 0 fully saturated rings. The maximum atomic E-state index is 6.01. The Morgan fingerprint density at radius 3 is 2.69 bits per heavy atom. The fourth-order valence-electron chi connectivity index (χ4n) is 1.27. The van der Waals surface area contributed by atoms with Crippen molar-refractivity contribution in [1.82, 2.24) is 0 Å². The van der Waals surface area contributed by atoms with Crippen molar-refractivity contribution < 1.29 is 0 Å². The zero-order valence-electron chi connectivity index (χ0n) is 7.56. The number of hydrogen-bond acceptors (Lipinski definition) is 1. The van der Waals surface area contributed by atoms with Crippen molar-refractivity contribution in [3.8, 4) is 0 Å². The van der Waals surface area contributed by atoms with Crippen LogP contribution in [-0.4, -0.2) is 0 Å². The van der Waals surface area contributed by atoms with E-state index >= 15 is 0 Å². The molecule has 1 rings (SSSR count). The summed E-state index contributed by atoms with van der Waals surface area (Å²) in [6, 6.07) is 5.57. The Labute approximate surface area is 88.8 Å². The van der Waals surface area contributed by atoms with Gasteiger partial charge in [0, 0.05) is 6.04 Å². The van der Waals surface area contributed by atoms with Gasteiger partial charge in [-0.05, 0) is 18.1 Å². The molecule has 0 saturated carbocycles. The van der Waals surface area contributed by atoms with Gasteiger partial charge in [0.05, 0.1) is 10.0 Å². The molecule has 0 saturated heterocycles. The van der Waals surface area contributed by atoms with Gasteiger partial charge in [-0.2, -0.15) is 0 Å². The zero-order valence-corrected chi connectivity index (χ0v) is 9.07. The Morgan fingerprint density at radius 1 is 1.38 bits per heavy atom. The third-order valence-corrected chi connectivity index (χ3v) is 2.81. The van der Waals surface area contributed by atoms with Gasteiger partial charge in [-0.25, -0.2) is 0 Å². The van der Waals surface area contributed by atoms with Crippen molar-refractivity contribution in [2.45, 2.75) is 25.8 Å². The van der Waals surface area contributed by atoms with Gasteiger partial charge in [-0.15, -0.1) is 0 Å². The Morgan fingerprint density at radius 2 is 2.08 bits per heavy atom. The van der Waals surface area contributed by atoms with Crippen LogP contribution in [0.25, 0.3) is 0 Å². The van der Waals surface area contributed by atoms with Gasteiger partial charge in [0.15, 0.2) is 0 Å². The first-order valence-corrected chi connectivity index (χ1v) is 5.12. The quantitative estimate of drug-likeness (QED) is 0.820. The molecule has 0 bridgehead atoms. The van der Waals surface area contributed by atoms with Crippen LogP contribution in [0.3, 0.4) is 0 Å². The predicted molar refractivity (Wildman–Crippen MR) is 58.3 cm³/mol. The van der Waals surface area contributed by atoms with Gasteiger partial charge in [-0.1, -0.05) is 48.7 Å². The van der Waals surface area contributed by atoms with Crippen LogP contribution in [0, 0.1) is 0 Å². The number of rotatable bonds is 3. The Bertz CT molecular complexity index is 286. The summed E-state index contributed by atoms with van der Waals surface area (Å²) in [6.45, 7) is 2.10. The zero-order chi connectivity index (χ0) is 9.84. The Hall–Kier alpha value is -0.240. The molecule has 1 atom stereocenters. The molecule has 1 aromatic rings. The van der Waals surface area contributed by atoms with Crippen LogP contribution in [0.4, 0.5) is 0 Å². The first-order chi connectivity index (χ1) is 6.16. The van der Waals surface area contributed by atoms with Crippen molar-refractivity contribution in [2.24, 2.45) is 5.73 Å². The lowest BCUT2D eigenvalue weighted by Gasteiger charge is -2.12. The van der Waals surface area contributed by atoms with E-state index in [9.17, 15) is 0 Å². The van der Waals surface area contributed by atoms with E-state index in [4.69, 9.17) is 28.9 Å². The van der Waals surface area contributed by atoms with Crippen LogP contribution in [-0.2, 0) is 0 Å². The minimum Gasteiger partial charge on any atom is -0.324 e. The van der Waals surface area contributed by atoms with E-state index in [2.05, 4.69) is 6.92 Å². The lowest BCUT2D eigenvalue weighted by Crippen LogP contribution is -2.10. The van der Waals surface area contributed by atoms with Crippen molar-refractivity contribution in [3.05, 3.63) is 33.8 Å². The normalized spacial score (nSPS) is 12.9. The molecule has 3 heteroatoms. The molecule has 2 N–H and O–H groups in total. The summed E-state index contributed by atoms with van der Waals surface area (Å²) in [5.74, 6) is 0. The van der Waals surface area contributed by atoms with Gasteiger partial charge < -0.3 is 5.73 Å². The molecule has 72 valence electrons. The minimum atomic E-state index is -0.00352. The molecule has 0 heterocycles. The number of halogens is 2. The molecule has 0 aliphatic heterocycles. The third-order valence-electron chi connectivity index (χ3n) is 1.98. The second-order valence-corrected chi connectivity index (χ2v) is 3.82. The topological polar surface area (TPSA) is 26.0 Å². The van der Waals surface area contributed by atoms with Crippen molar-refractivity contribution in [3.63, 3.8) is 0 Å². The molecule has 1 aromatic carbocycles. The molecule has 0 spiro atoms. The van der Waals surface area contributed by atoms with E-state index in [-0.39, 0.29) is 6.04 Å². The molecule has 1 unspecified atom stereocenters. The van der Waals surface area contributed by atoms with E-state index < -0.39 is 0 Å². The second kappa shape index (κ2) is 4.85. The van der Waals surface area contributed by atoms with Crippen LogP contribution >= 0.6 is 23.2 Å². The van der Waals surface area contributed by atoms with Crippen LogP contribution in [0.5, 0.6) is 0 Å². The molecule has 0 aliphatic rings. The van der Waals surface area contributed by atoms with E-state index in [1.54, 1.807) is 6.07 Å². The summed E-state index contributed by atoms with van der Waals surface area (Å²) in [5.41, 5.74) is 6.87. The minimum absolute atomic E-state index is 0.00352. The average molecular weight is 218 g/mol. The summed E-state index contributed by atoms with van der Waals surface area (Å²) in [4.78, 5) is 0. The molecular formula is C10H13Cl2N. The van der Waals surface area contributed by atoms with Gasteiger partial charge in [0.1, 0.15) is 0 Å². The molecule has 1 nitrogen and oxygen atoms in total. The SMILES string of the molecule is CCCC(N)c1cccc(Cl)c1Cl. The fraction of sp³-hybridized carbons (Fsp3) is 0.400. The summed E-state index contributed by atoms with van der Waals surface area (Å²) in [5, 5.41) is 1.16. The highest BCUT2D eigenvalue weighted by Crippen LogP contribution is 2.30. The standard InChI is InChI=1S/C10H13Cl2N/c1-2-4-9(13)7-5-3-6-8(11)10(7)12/h3,5-6,9H,2,4,13H2,1H3. The highest BCUT2D eigenvalue weighted by atomic mass is 35.5. The van der Waals surface area contributed by atoms with Crippen LogP contribution in [0.15, 0.2) is 18.2 Å². The van der Waals surface area contributed by atoms with E-state index in [0.717, 1.165) is 18.4 Å². The first kappa shape index (κ1) is 10.8. The van der Waals surface area contributed by atoms with Crippen LogP contribution in [0.1, 0.15) is 31.4 Å².